The van der Waals surface area contributed by atoms with E-state index >= 15 is 0 Å². The number of benzene rings is 9. The van der Waals surface area contributed by atoms with Gasteiger partial charge in [-0.05, 0) is 108 Å². The Morgan fingerprint density at radius 2 is 0.948 bits per heavy atom. The molecule has 1 heteroatoms. The average molecular weight is 742 g/mol. The van der Waals surface area contributed by atoms with Gasteiger partial charge in [0.1, 0.15) is 0 Å². The average Bonchev–Trinajstić information content (AvgIpc) is 3.51. The van der Waals surface area contributed by atoms with Crippen molar-refractivity contribution in [1.29, 1.82) is 0 Å². The molecular weight excluding hydrogens is 699 g/mol. The van der Waals surface area contributed by atoms with Gasteiger partial charge in [-0.3, -0.25) is 0 Å². The summed E-state index contributed by atoms with van der Waals surface area (Å²) in [4.78, 5) is 2.52. The molecule has 0 fully saturated rings. The third-order valence-corrected chi connectivity index (χ3v) is 12.9. The van der Waals surface area contributed by atoms with Crippen LogP contribution in [0.1, 0.15) is 47.6 Å². The van der Waals surface area contributed by atoms with Crippen molar-refractivity contribution >= 4 is 27.8 Å². The van der Waals surface area contributed by atoms with E-state index in [2.05, 4.69) is 225 Å². The topological polar surface area (TPSA) is 3.24 Å². The molecule has 1 unspecified atom stereocenters. The van der Waals surface area contributed by atoms with Crippen LogP contribution in [0.25, 0.3) is 55.3 Å². The smallest absolute Gasteiger partial charge is 0.0540 e. The van der Waals surface area contributed by atoms with Crippen molar-refractivity contribution in [1.82, 2.24) is 0 Å². The zero-order valence-corrected chi connectivity index (χ0v) is 32.9. The van der Waals surface area contributed by atoms with E-state index in [-0.39, 0.29) is 5.41 Å². The number of anilines is 3. The lowest BCUT2D eigenvalue weighted by atomic mass is 9.71. The Morgan fingerprint density at radius 1 is 0.414 bits per heavy atom. The van der Waals surface area contributed by atoms with Gasteiger partial charge >= 0.3 is 0 Å². The third kappa shape index (κ3) is 5.38. The Balaban J connectivity index is 1.09. The SMILES string of the molecule is CC1(C)c2cccc(C3Cc4ccccc43)c2-c2cccc(N(c3ccc(-c4ccc(-c5ccccc5)c5ccccc45)cc3)c3ccccc3-c3ccccc3)c21. The van der Waals surface area contributed by atoms with Gasteiger partial charge in [0.05, 0.1) is 11.4 Å². The van der Waals surface area contributed by atoms with Crippen molar-refractivity contribution in [3.63, 3.8) is 0 Å². The zero-order valence-electron chi connectivity index (χ0n) is 32.9. The summed E-state index contributed by atoms with van der Waals surface area (Å²) < 4.78 is 0. The van der Waals surface area contributed by atoms with Crippen LogP contribution in [0.3, 0.4) is 0 Å². The highest BCUT2D eigenvalue weighted by Gasteiger charge is 2.42. The molecule has 0 heterocycles. The predicted molar refractivity (Wildman–Crippen MR) is 244 cm³/mol. The van der Waals surface area contributed by atoms with E-state index in [1.807, 2.05) is 0 Å². The molecule has 0 bridgehead atoms. The predicted octanol–water partition coefficient (Wildman–Crippen LogP) is 15.3. The molecule has 2 aliphatic carbocycles. The molecule has 0 saturated carbocycles. The summed E-state index contributed by atoms with van der Waals surface area (Å²) in [7, 11) is 0. The van der Waals surface area contributed by atoms with E-state index in [4.69, 9.17) is 0 Å². The minimum Gasteiger partial charge on any atom is -0.310 e. The molecule has 0 spiro atoms. The van der Waals surface area contributed by atoms with E-state index in [1.165, 1.54) is 88.8 Å². The maximum atomic E-state index is 2.52. The van der Waals surface area contributed by atoms with Crippen molar-refractivity contribution in [2.75, 3.05) is 4.90 Å². The Kier molecular flexibility index (Phi) is 8.05. The zero-order chi connectivity index (χ0) is 38.8. The van der Waals surface area contributed by atoms with E-state index < -0.39 is 0 Å². The molecule has 11 rings (SSSR count). The fourth-order valence-corrected chi connectivity index (χ4v) is 10.1. The maximum Gasteiger partial charge on any atom is 0.0540 e. The first-order valence-electron chi connectivity index (χ1n) is 20.5. The molecule has 9 aromatic carbocycles. The van der Waals surface area contributed by atoms with Crippen molar-refractivity contribution in [3.05, 3.63) is 234 Å². The normalized spacial score (nSPS) is 14.6. The third-order valence-electron chi connectivity index (χ3n) is 12.9. The lowest BCUT2D eigenvalue weighted by Gasteiger charge is -2.33. The van der Waals surface area contributed by atoms with Crippen LogP contribution in [-0.4, -0.2) is 0 Å². The second-order valence-electron chi connectivity index (χ2n) is 16.4. The molecule has 9 aromatic rings. The lowest BCUT2D eigenvalue weighted by Crippen LogP contribution is -2.21. The molecule has 1 atom stereocenters. The fraction of sp³-hybridized carbons (Fsp3) is 0.0877. The molecular formula is C57H43N. The van der Waals surface area contributed by atoms with Gasteiger partial charge in [0.15, 0.2) is 0 Å². The standard InChI is InChI=1S/C57H43N/c1-57(2)52-28-15-26-49(51-37-41-21-9-10-22-43(41)51)55(52)50-27-16-30-54(56(50)57)58(53-29-14-13-23-46(53)39-19-7-4-8-20-39)42-33-31-40(32-34-42)45-36-35-44(38-17-5-3-6-18-38)47-24-11-12-25-48(45)47/h3-36,51H,37H2,1-2H3. The number of hydrogen-bond donors (Lipinski definition) is 0. The first-order chi connectivity index (χ1) is 28.6. The molecule has 0 amide bonds. The first-order valence-corrected chi connectivity index (χ1v) is 20.5. The van der Waals surface area contributed by atoms with Gasteiger partial charge in [-0.15, -0.1) is 0 Å². The van der Waals surface area contributed by atoms with Gasteiger partial charge in [-0.2, -0.15) is 0 Å². The van der Waals surface area contributed by atoms with Crippen LogP contribution in [0.15, 0.2) is 206 Å². The number of fused-ring (bicyclic) bond motifs is 5. The van der Waals surface area contributed by atoms with Crippen LogP contribution in [-0.2, 0) is 11.8 Å². The minimum atomic E-state index is -0.222. The second-order valence-corrected chi connectivity index (χ2v) is 16.4. The highest BCUT2D eigenvalue weighted by atomic mass is 15.1. The number of para-hydroxylation sites is 1. The van der Waals surface area contributed by atoms with Crippen molar-refractivity contribution < 1.29 is 0 Å². The van der Waals surface area contributed by atoms with Crippen molar-refractivity contribution in [2.45, 2.75) is 31.6 Å². The van der Waals surface area contributed by atoms with Gasteiger partial charge in [0.2, 0.25) is 0 Å². The highest BCUT2D eigenvalue weighted by molar-refractivity contribution is 6.05. The summed E-state index contributed by atoms with van der Waals surface area (Å²) in [5, 5.41) is 2.52. The van der Waals surface area contributed by atoms with Crippen molar-refractivity contribution in [2.24, 2.45) is 0 Å². The van der Waals surface area contributed by atoms with E-state index in [1.54, 1.807) is 0 Å². The summed E-state index contributed by atoms with van der Waals surface area (Å²) in [5.41, 5.74) is 20.6. The van der Waals surface area contributed by atoms with Gasteiger partial charge < -0.3 is 4.90 Å². The van der Waals surface area contributed by atoms with Gasteiger partial charge in [-0.1, -0.05) is 196 Å². The first kappa shape index (κ1) is 34.3. The summed E-state index contributed by atoms with van der Waals surface area (Å²) in [5.74, 6) is 0.414. The molecule has 276 valence electrons. The Labute approximate surface area is 341 Å². The van der Waals surface area contributed by atoms with Crippen molar-refractivity contribution in [3.8, 4) is 44.5 Å². The minimum absolute atomic E-state index is 0.222. The monoisotopic (exact) mass is 741 g/mol. The van der Waals surface area contributed by atoms with Crippen LogP contribution in [0.5, 0.6) is 0 Å². The Morgan fingerprint density at radius 3 is 1.66 bits per heavy atom. The van der Waals surface area contributed by atoms with Gasteiger partial charge in [-0.25, -0.2) is 0 Å². The van der Waals surface area contributed by atoms with Gasteiger partial charge in [0, 0.05) is 22.6 Å². The Hall–Kier alpha value is -6.96. The summed E-state index contributed by atoms with van der Waals surface area (Å²) in [6.45, 7) is 4.85. The molecule has 0 aromatic heterocycles. The number of nitrogens with zero attached hydrogens (tertiary/aromatic N) is 1. The molecule has 1 nitrogen and oxygen atoms in total. The Bertz CT molecular complexity index is 2990. The van der Waals surface area contributed by atoms with Crippen LogP contribution in [0.4, 0.5) is 17.1 Å². The molecule has 58 heavy (non-hydrogen) atoms. The summed E-state index contributed by atoms with van der Waals surface area (Å²) in [6, 6.07) is 76.1. The largest absolute Gasteiger partial charge is 0.310 e. The van der Waals surface area contributed by atoms with E-state index in [9.17, 15) is 0 Å². The highest BCUT2D eigenvalue weighted by Crippen LogP contribution is 2.58. The molecule has 0 N–H and O–H groups in total. The van der Waals surface area contributed by atoms with E-state index in [0.717, 1.165) is 17.8 Å². The van der Waals surface area contributed by atoms with Crippen LogP contribution < -0.4 is 4.90 Å². The fourth-order valence-electron chi connectivity index (χ4n) is 10.1. The molecule has 0 saturated heterocycles. The summed E-state index contributed by atoms with van der Waals surface area (Å²) in [6.07, 6.45) is 1.09. The maximum absolute atomic E-state index is 2.52. The quantitative estimate of drug-likeness (QED) is 0.157. The van der Waals surface area contributed by atoms with Crippen LogP contribution >= 0.6 is 0 Å². The molecule has 0 aliphatic heterocycles. The van der Waals surface area contributed by atoms with Gasteiger partial charge in [0.25, 0.3) is 0 Å². The number of hydrogen-bond acceptors (Lipinski definition) is 1. The molecule has 2 aliphatic rings. The lowest BCUT2D eigenvalue weighted by molar-refractivity contribution is 0.657. The molecule has 0 radical (unpaired) electrons. The van der Waals surface area contributed by atoms with E-state index in [0.29, 0.717) is 5.92 Å². The second kappa shape index (κ2) is 13.6. The van der Waals surface area contributed by atoms with Crippen LogP contribution in [0.2, 0.25) is 0 Å². The summed E-state index contributed by atoms with van der Waals surface area (Å²) >= 11 is 0. The van der Waals surface area contributed by atoms with Crippen LogP contribution in [0, 0.1) is 0 Å². The number of rotatable bonds is 7.